The van der Waals surface area contributed by atoms with E-state index in [2.05, 4.69) is 52.0 Å². The van der Waals surface area contributed by atoms with Crippen LogP contribution >= 0.6 is 0 Å². The smallest absolute Gasteiger partial charge is 0.169 e. The summed E-state index contributed by atoms with van der Waals surface area (Å²) in [6.07, 6.45) is 6.00. The van der Waals surface area contributed by atoms with Gasteiger partial charge in [0.1, 0.15) is 11.5 Å². The molecule has 4 rings (SSSR count). The molecule has 0 fully saturated rings. The summed E-state index contributed by atoms with van der Waals surface area (Å²) in [5.74, 6) is 3.60. The van der Waals surface area contributed by atoms with Crippen LogP contribution < -0.4 is 9.47 Å². The second-order valence-electron chi connectivity index (χ2n) is 11.0. The predicted molar refractivity (Wildman–Crippen MR) is 163 cm³/mol. The first-order chi connectivity index (χ1) is 19.3. The zero-order chi connectivity index (χ0) is 28.5. The largest absolute Gasteiger partial charge is 0.504 e. The van der Waals surface area contributed by atoms with E-state index in [0.717, 1.165) is 55.4 Å². The maximum atomic E-state index is 10.4. The summed E-state index contributed by atoms with van der Waals surface area (Å²) in [5, 5.41) is 20.6. The van der Waals surface area contributed by atoms with Crippen molar-refractivity contribution in [1.82, 2.24) is 0 Å². The molecule has 4 nitrogen and oxygen atoms in total. The lowest BCUT2D eigenvalue weighted by Gasteiger charge is -2.21. The average Bonchev–Trinajstić information content (AvgIpc) is 2.95. The molecule has 0 aliphatic rings. The van der Waals surface area contributed by atoms with Gasteiger partial charge in [0.25, 0.3) is 0 Å². The van der Waals surface area contributed by atoms with E-state index in [9.17, 15) is 10.2 Å². The Morgan fingerprint density at radius 2 is 0.925 bits per heavy atom. The van der Waals surface area contributed by atoms with Gasteiger partial charge < -0.3 is 19.7 Å². The number of ether oxygens (including phenoxy) is 2. The van der Waals surface area contributed by atoms with Gasteiger partial charge in [-0.1, -0.05) is 76.9 Å². The van der Waals surface area contributed by atoms with Crippen molar-refractivity contribution in [2.45, 2.75) is 66.2 Å². The van der Waals surface area contributed by atoms with Crippen LogP contribution in [0.15, 0.2) is 84.9 Å². The third kappa shape index (κ3) is 8.05. The van der Waals surface area contributed by atoms with Crippen LogP contribution in [0.25, 0.3) is 0 Å². The SMILES string of the molecule is CCCc1ccc(Oc2cc(CC(C)C(C)Cc3ccc(Oc4cc(CCC)ccc4O)cc3)ccc2O)cc1. The van der Waals surface area contributed by atoms with Gasteiger partial charge in [0, 0.05) is 0 Å². The standard InChI is InChI=1S/C36H42O4/c1-5-7-27-9-15-31(16-10-27)40-36-24-30(14-20-34(36)38)22-26(4)25(3)21-29-11-17-32(18-12-29)39-35-23-28(8-6-2)13-19-33(35)37/h9-20,23-26,37-38H,5-8,21-22H2,1-4H3. The summed E-state index contributed by atoms with van der Waals surface area (Å²) in [7, 11) is 0. The van der Waals surface area contributed by atoms with Gasteiger partial charge in [0.15, 0.2) is 23.0 Å². The summed E-state index contributed by atoms with van der Waals surface area (Å²) in [4.78, 5) is 0. The lowest BCUT2D eigenvalue weighted by atomic mass is 9.85. The second-order valence-corrected chi connectivity index (χ2v) is 11.0. The Morgan fingerprint density at radius 3 is 1.45 bits per heavy atom. The molecule has 0 bridgehead atoms. The minimum absolute atomic E-state index is 0.148. The first-order valence-corrected chi connectivity index (χ1v) is 14.5. The second kappa shape index (κ2) is 13.9. The van der Waals surface area contributed by atoms with E-state index in [4.69, 9.17) is 9.47 Å². The van der Waals surface area contributed by atoms with E-state index in [0.29, 0.717) is 29.1 Å². The number of aryl methyl sites for hydroxylation is 2. The zero-order valence-corrected chi connectivity index (χ0v) is 24.2. The van der Waals surface area contributed by atoms with Gasteiger partial charge in [-0.25, -0.2) is 0 Å². The van der Waals surface area contributed by atoms with Crippen molar-refractivity contribution in [3.63, 3.8) is 0 Å². The zero-order valence-electron chi connectivity index (χ0n) is 24.2. The molecule has 4 aromatic carbocycles. The van der Waals surface area contributed by atoms with Crippen LogP contribution in [0.3, 0.4) is 0 Å². The third-order valence-corrected chi connectivity index (χ3v) is 7.51. The molecule has 40 heavy (non-hydrogen) atoms. The van der Waals surface area contributed by atoms with E-state index < -0.39 is 0 Å². The van der Waals surface area contributed by atoms with Crippen LogP contribution in [0.4, 0.5) is 0 Å². The van der Waals surface area contributed by atoms with E-state index in [1.165, 1.54) is 11.1 Å². The predicted octanol–water partition coefficient (Wildman–Crippen LogP) is 9.64. The molecular formula is C36H42O4. The van der Waals surface area contributed by atoms with Crippen molar-refractivity contribution in [1.29, 1.82) is 0 Å². The summed E-state index contributed by atoms with van der Waals surface area (Å²) < 4.78 is 12.0. The lowest BCUT2D eigenvalue weighted by Crippen LogP contribution is -2.13. The molecular weight excluding hydrogens is 496 g/mol. The van der Waals surface area contributed by atoms with Crippen molar-refractivity contribution in [3.8, 4) is 34.5 Å². The summed E-state index contributed by atoms with van der Waals surface area (Å²) in [6, 6.07) is 27.4. The fourth-order valence-electron chi connectivity index (χ4n) is 4.96. The van der Waals surface area contributed by atoms with Crippen molar-refractivity contribution in [3.05, 3.63) is 107 Å². The summed E-state index contributed by atoms with van der Waals surface area (Å²) in [5.41, 5.74) is 4.83. The molecule has 0 spiro atoms. The van der Waals surface area contributed by atoms with Crippen LogP contribution in [-0.2, 0) is 25.7 Å². The van der Waals surface area contributed by atoms with Crippen LogP contribution in [0.5, 0.6) is 34.5 Å². The maximum absolute atomic E-state index is 10.4. The fourth-order valence-corrected chi connectivity index (χ4v) is 4.96. The van der Waals surface area contributed by atoms with Crippen molar-refractivity contribution in [2.75, 3.05) is 0 Å². The Balaban J connectivity index is 1.34. The molecule has 2 unspecified atom stereocenters. The molecule has 0 heterocycles. The Bertz CT molecular complexity index is 1360. The number of phenolic OH excluding ortho intramolecular Hbond substituents is 2. The molecule has 0 radical (unpaired) electrons. The van der Waals surface area contributed by atoms with Crippen LogP contribution in [-0.4, -0.2) is 10.2 Å². The number of phenols is 2. The highest BCUT2D eigenvalue weighted by molar-refractivity contribution is 5.46. The molecule has 0 amide bonds. The van der Waals surface area contributed by atoms with Crippen molar-refractivity contribution < 1.29 is 19.7 Å². The molecule has 2 atom stereocenters. The van der Waals surface area contributed by atoms with Crippen molar-refractivity contribution >= 4 is 0 Å². The van der Waals surface area contributed by atoms with Gasteiger partial charge in [-0.3, -0.25) is 0 Å². The topological polar surface area (TPSA) is 58.9 Å². The van der Waals surface area contributed by atoms with E-state index in [-0.39, 0.29) is 11.5 Å². The van der Waals surface area contributed by atoms with Crippen LogP contribution in [0.1, 0.15) is 62.8 Å². The Kier molecular flexibility index (Phi) is 10.1. The van der Waals surface area contributed by atoms with Gasteiger partial charge in [0.05, 0.1) is 0 Å². The molecule has 4 heteroatoms. The number of rotatable bonds is 13. The minimum Gasteiger partial charge on any atom is -0.504 e. The van der Waals surface area contributed by atoms with Crippen LogP contribution in [0, 0.1) is 11.8 Å². The molecule has 0 saturated heterocycles. The monoisotopic (exact) mass is 538 g/mol. The lowest BCUT2D eigenvalue weighted by molar-refractivity contribution is 0.380. The van der Waals surface area contributed by atoms with Gasteiger partial charge in [-0.15, -0.1) is 0 Å². The highest BCUT2D eigenvalue weighted by Gasteiger charge is 2.16. The molecule has 4 aromatic rings. The Hall–Kier alpha value is -3.92. The number of hydrogen-bond acceptors (Lipinski definition) is 4. The summed E-state index contributed by atoms with van der Waals surface area (Å²) in [6.45, 7) is 8.86. The van der Waals surface area contributed by atoms with Crippen molar-refractivity contribution in [2.24, 2.45) is 11.8 Å². The maximum Gasteiger partial charge on any atom is 0.169 e. The van der Waals surface area contributed by atoms with E-state index in [1.54, 1.807) is 12.1 Å². The van der Waals surface area contributed by atoms with E-state index in [1.807, 2.05) is 48.5 Å². The molecule has 0 aromatic heterocycles. The van der Waals surface area contributed by atoms with Gasteiger partial charge in [-0.05, 0) is 108 Å². The number of aromatic hydroxyl groups is 2. The van der Waals surface area contributed by atoms with Crippen LogP contribution in [0.2, 0.25) is 0 Å². The normalized spacial score (nSPS) is 12.6. The molecule has 0 aliphatic carbocycles. The highest BCUT2D eigenvalue weighted by Crippen LogP contribution is 2.34. The minimum atomic E-state index is 0.148. The van der Waals surface area contributed by atoms with Gasteiger partial charge >= 0.3 is 0 Å². The average molecular weight is 539 g/mol. The highest BCUT2D eigenvalue weighted by atomic mass is 16.5. The molecule has 210 valence electrons. The third-order valence-electron chi connectivity index (χ3n) is 7.51. The number of benzene rings is 4. The first-order valence-electron chi connectivity index (χ1n) is 14.5. The first kappa shape index (κ1) is 29.1. The summed E-state index contributed by atoms with van der Waals surface area (Å²) >= 11 is 0. The Morgan fingerprint density at radius 1 is 0.525 bits per heavy atom. The molecule has 2 N–H and O–H groups in total. The van der Waals surface area contributed by atoms with Gasteiger partial charge in [-0.2, -0.15) is 0 Å². The fraction of sp³-hybridized carbons (Fsp3) is 0.333. The molecule has 0 aliphatic heterocycles. The Labute approximate surface area is 239 Å². The van der Waals surface area contributed by atoms with E-state index >= 15 is 0 Å². The molecule has 0 saturated carbocycles. The number of hydrogen-bond donors (Lipinski definition) is 2. The quantitative estimate of drug-likeness (QED) is 0.178. The van der Waals surface area contributed by atoms with Gasteiger partial charge in [0.2, 0.25) is 0 Å².